The van der Waals surface area contributed by atoms with Gasteiger partial charge in [0.1, 0.15) is 11.3 Å². The van der Waals surface area contributed by atoms with E-state index < -0.39 is 0 Å². The fraction of sp³-hybridized carbons (Fsp3) is 0.684. The van der Waals surface area contributed by atoms with Crippen molar-refractivity contribution >= 4 is 23.4 Å². The van der Waals surface area contributed by atoms with Gasteiger partial charge in [-0.15, -0.1) is 11.8 Å². The molecule has 5 rings (SSSR count). The molecule has 4 saturated heterocycles. The second-order valence-corrected chi connectivity index (χ2v) is 9.63. The summed E-state index contributed by atoms with van der Waals surface area (Å²) in [6.07, 6.45) is 0.251. The highest BCUT2D eigenvalue weighted by atomic mass is 35.5. The van der Waals surface area contributed by atoms with Gasteiger partial charge in [-0.3, -0.25) is 4.90 Å². The lowest BCUT2D eigenvalue weighted by molar-refractivity contribution is 0.0593. The SMILES string of the molecule is CC1NNC2[C@H](C)NC(c3c(F)cccc3Cl)C3C4COCCOC4SC3N12. The van der Waals surface area contributed by atoms with Crippen LogP contribution in [0.5, 0.6) is 0 Å². The minimum absolute atomic E-state index is 0.0363. The fourth-order valence-corrected chi connectivity index (χ4v) is 7.31. The molecule has 0 bridgehead atoms. The number of nitrogens with one attached hydrogen (secondary N) is 3. The lowest BCUT2D eigenvalue weighted by Gasteiger charge is -2.35. The van der Waals surface area contributed by atoms with E-state index in [1.165, 1.54) is 6.07 Å². The second kappa shape index (κ2) is 7.67. The first kappa shape index (κ1) is 19.5. The number of thioether (sulfide) groups is 1. The predicted octanol–water partition coefficient (Wildman–Crippen LogP) is 2.27. The van der Waals surface area contributed by atoms with Crippen molar-refractivity contribution in [2.45, 2.75) is 49.1 Å². The summed E-state index contributed by atoms with van der Waals surface area (Å²) in [5, 5.41) is 4.32. The van der Waals surface area contributed by atoms with Gasteiger partial charge in [0.15, 0.2) is 0 Å². The molecule has 0 aliphatic carbocycles. The van der Waals surface area contributed by atoms with E-state index in [1.54, 1.807) is 12.1 Å². The Morgan fingerprint density at radius 1 is 1.25 bits per heavy atom. The molecule has 4 fully saturated rings. The number of nitrogens with zero attached hydrogens (tertiary/aromatic N) is 1. The molecule has 4 heterocycles. The number of hydrogen-bond donors (Lipinski definition) is 3. The van der Waals surface area contributed by atoms with Crippen LogP contribution in [0.15, 0.2) is 18.2 Å². The first-order valence-electron chi connectivity index (χ1n) is 9.89. The molecule has 9 heteroatoms. The second-order valence-electron chi connectivity index (χ2n) is 8.01. The number of benzene rings is 1. The van der Waals surface area contributed by atoms with Crippen molar-refractivity contribution in [3.63, 3.8) is 0 Å². The van der Waals surface area contributed by atoms with Crippen LogP contribution < -0.4 is 16.2 Å². The fourth-order valence-electron chi connectivity index (χ4n) is 5.12. The Labute approximate surface area is 173 Å². The van der Waals surface area contributed by atoms with E-state index in [1.807, 2.05) is 11.8 Å². The molecule has 0 radical (unpaired) electrons. The Morgan fingerprint density at radius 3 is 2.93 bits per heavy atom. The van der Waals surface area contributed by atoms with Crippen molar-refractivity contribution in [1.82, 2.24) is 21.1 Å². The highest BCUT2D eigenvalue weighted by molar-refractivity contribution is 8.00. The average molecular weight is 429 g/mol. The van der Waals surface area contributed by atoms with E-state index in [4.69, 9.17) is 21.1 Å². The first-order valence-corrected chi connectivity index (χ1v) is 11.2. The maximum atomic E-state index is 15.0. The Morgan fingerprint density at radius 2 is 2.11 bits per heavy atom. The molecule has 1 aromatic rings. The van der Waals surface area contributed by atoms with Gasteiger partial charge < -0.3 is 14.8 Å². The molecule has 3 N–H and O–H groups in total. The molecule has 6 nitrogen and oxygen atoms in total. The van der Waals surface area contributed by atoms with Crippen LogP contribution in [-0.2, 0) is 9.47 Å². The molecule has 4 aliphatic rings. The minimum Gasteiger partial charge on any atom is -0.379 e. The quantitative estimate of drug-likeness (QED) is 0.634. The highest BCUT2D eigenvalue weighted by Crippen LogP contribution is 2.54. The van der Waals surface area contributed by atoms with E-state index in [2.05, 4.69) is 34.9 Å². The number of rotatable bonds is 1. The van der Waals surface area contributed by atoms with Gasteiger partial charge in [-0.05, 0) is 26.0 Å². The van der Waals surface area contributed by atoms with Gasteiger partial charge in [0.2, 0.25) is 0 Å². The maximum Gasteiger partial charge on any atom is 0.129 e. The maximum absolute atomic E-state index is 15.0. The summed E-state index contributed by atoms with van der Waals surface area (Å²) in [6, 6.07) is 4.80. The minimum atomic E-state index is -0.263. The average Bonchev–Trinajstić information content (AvgIpc) is 3.08. The monoisotopic (exact) mass is 428 g/mol. The Kier molecular flexibility index (Phi) is 5.34. The van der Waals surface area contributed by atoms with E-state index in [9.17, 15) is 4.39 Å². The zero-order valence-corrected chi connectivity index (χ0v) is 17.5. The van der Waals surface area contributed by atoms with E-state index in [0.717, 1.165) is 0 Å². The van der Waals surface area contributed by atoms with Crippen LogP contribution in [0, 0.1) is 17.7 Å². The Bertz CT molecular complexity index is 726. The standard InChI is InChI=1S/C19H26ClFN4O2S/c1-9-17-24-23-10(2)25(17)18-14(11-8-26-6-7-27-19(11)28-18)16(22-9)15-12(20)4-3-5-13(15)21/h3-5,9-11,14,16-19,22-24H,6-8H2,1-2H3/t9-,10?,11?,14?,16?,17?,18?,19?/m0/s1. The molecule has 28 heavy (non-hydrogen) atoms. The Hall–Kier alpha value is -0.450. The molecule has 1 aromatic carbocycles. The third-order valence-electron chi connectivity index (χ3n) is 6.38. The smallest absolute Gasteiger partial charge is 0.129 e. The number of hydrazine groups is 1. The molecule has 0 saturated carbocycles. The van der Waals surface area contributed by atoms with Crippen molar-refractivity contribution in [2.24, 2.45) is 11.8 Å². The van der Waals surface area contributed by atoms with E-state index in [0.29, 0.717) is 30.4 Å². The lowest BCUT2D eigenvalue weighted by atomic mass is 9.82. The summed E-state index contributed by atoms with van der Waals surface area (Å²) in [6.45, 7) is 6.10. The van der Waals surface area contributed by atoms with Crippen LogP contribution in [0.1, 0.15) is 25.5 Å². The summed E-state index contributed by atoms with van der Waals surface area (Å²) in [5.41, 5.74) is 7.35. The van der Waals surface area contributed by atoms with Crippen LogP contribution in [-0.4, -0.2) is 53.9 Å². The summed E-state index contributed by atoms with van der Waals surface area (Å²) in [7, 11) is 0. The molecule has 0 spiro atoms. The molecular weight excluding hydrogens is 403 g/mol. The van der Waals surface area contributed by atoms with Crippen LogP contribution in [0.25, 0.3) is 0 Å². The highest BCUT2D eigenvalue weighted by Gasteiger charge is 2.57. The molecule has 0 amide bonds. The van der Waals surface area contributed by atoms with Crippen LogP contribution in [0.3, 0.4) is 0 Å². The van der Waals surface area contributed by atoms with Gasteiger partial charge in [-0.1, -0.05) is 17.7 Å². The predicted molar refractivity (Wildman–Crippen MR) is 107 cm³/mol. The van der Waals surface area contributed by atoms with Crippen LogP contribution in [0.2, 0.25) is 5.02 Å². The third-order valence-corrected chi connectivity index (χ3v) is 8.30. The summed E-state index contributed by atoms with van der Waals surface area (Å²) in [4.78, 5) is 2.46. The van der Waals surface area contributed by atoms with E-state index >= 15 is 0 Å². The van der Waals surface area contributed by atoms with Crippen molar-refractivity contribution in [2.75, 3.05) is 19.8 Å². The van der Waals surface area contributed by atoms with Gasteiger partial charge in [0.05, 0.1) is 37.5 Å². The molecule has 8 atom stereocenters. The van der Waals surface area contributed by atoms with Crippen molar-refractivity contribution in [1.29, 1.82) is 0 Å². The normalized spacial score (nSPS) is 43.7. The van der Waals surface area contributed by atoms with Crippen molar-refractivity contribution < 1.29 is 13.9 Å². The Balaban J connectivity index is 1.62. The zero-order valence-electron chi connectivity index (χ0n) is 15.9. The molecular formula is C19H26ClFN4O2S. The molecule has 0 aromatic heterocycles. The van der Waals surface area contributed by atoms with Gasteiger partial charge in [0.25, 0.3) is 0 Å². The lowest BCUT2D eigenvalue weighted by Crippen LogP contribution is -2.51. The largest absolute Gasteiger partial charge is 0.379 e. The molecule has 4 aliphatic heterocycles. The van der Waals surface area contributed by atoms with Crippen LogP contribution in [0.4, 0.5) is 4.39 Å². The van der Waals surface area contributed by atoms with Gasteiger partial charge in [0, 0.05) is 34.5 Å². The molecule has 7 unspecified atom stereocenters. The van der Waals surface area contributed by atoms with Crippen molar-refractivity contribution in [3.05, 3.63) is 34.6 Å². The number of ether oxygens (including phenoxy) is 2. The number of halogens is 2. The third kappa shape index (κ3) is 3.09. The number of hydrogen-bond acceptors (Lipinski definition) is 7. The summed E-state index contributed by atoms with van der Waals surface area (Å²) < 4.78 is 27.0. The van der Waals surface area contributed by atoms with Gasteiger partial charge in [-0.25, -0.2) is 15.2 Å². The van der Waals surface area contributed by atoms with Gasteiger partial charge >= 0.3 is 0 Å². The van der Waals surface area contributed by atoms with E-state index in [-0.39, 0.29) is 52.9 Å². The topological polar surface area (TPSA) is 57.8 Å². The van der Waals surface area contributed by atoms with Gasteiger partial charge in [-0.2, -0.15) is 0 Å². The number of fused-ring (bicyclic) bond motifs is 5. The van der Waals surface area contributed by atoms with Crippen LogP contribution >= 0.6 is 23.4 Å². The molecule has 154 valence electrons. The summed E-state index contributed by atoms with van der Waals surface area (Å²) in [5.74, 6) is -0.00965. The zero-order chi connectivity index (χ0) is 19.4. The summed E-state index contributed by atoms with van der Waals surface area (Å²) >= 11 is 8.36. The first-order chi connectivity index (χ1) is 13.6. The van der Waals surface area contributed by atoms with Crippen molar-refractivity contribution in [3.8, 4) is 0 Å².